The van der Waals surface area contributed by atoms with Crippen molar-refractivity contribution in [1.29, 1.82) is 0 Å². The Morgan fingerprint density at radius 1 is 1.52 bits per heavy atom. The second-order valence-corrected chi connectivity index (χ2v) is 6.23. The molecule has 128 valence electrons. The molecule has 0 spiro atoms. The number of hydrogen-bond donors (Lipinski definition) is 2. The minimum atomic E-state index is -0.427. The molecule has 1 aromatic rings. The molecule has 0 saturated carbocycles. The van der Waals surface area contributed by atoms with Crippen LogP contribution < -0.4 is 10.1 Å². The number of aliphatic hydroxyl groups is 1. The van der Waals surface area contributed by atoms with Gasteiger partial charge < -0.3 is 20.1 Å². The predicted octanol–water partition coefficient (Wildman–Crippen LogP) is 2.53. The van der Waals surface area contributed by atoms with Crippen LogP contribution in [0.1, 0.15) is 32.3 Å². The van der Waals surface area contributed by atoms with E-state index in [0.717, 1.165) is 12.8 Å². The average Bonchev–Trinajstić information content (AvgIpc) is 2.54. The fourth-order valence-electron chi connectivity index (χ4n) is 2.69. The van der Waals surface area contributed by atoms with E-state index in [1.165, 1.54) is 6.07 Å². The number of piperidine rings is 1. The number of aliphatic hydroxyl groups excluding tert-OH is 1. The van der Waals surface area contributed by atoms with E-state index in [1.54, 1.807) is 17.0 Å². The summed E-state index contributed by atoms with van der Waals surface area (Å²) >= 11 is 0. The molecule has 2 rings (SSSR count). The summed E-state index contributed by atoms with van der Waals surface area (Å²) in [5.74, 6) is -0.0555. The number of likely N-dealkylation sites (tertiary alicyclic amines) is 1. The fraction of sp³-hybridized carbons (Fsp3) is 0.588. The van der Waals surface area contributed by atoms with Crippen LogP contribution in [0.5, 0.6) is 5.75 Å². The highest BCUT2D eigenvalue weighted by Gasteiger charge is 2.22. The second-order valence-electron chi connectivity index (χ2n) is 6.23. The number of nitrogens with one attached hydrogen (secondary N) is 1. The van der Waals surface area contributed by atoms with E-state index in [9.17, 15) is 14.3 Å². The minimum absolute atomic E-state index is 0.0892. The zero-order chi connectivity index (χ0) is 16.8. The molecular formula is C17H25FN2O3. The summed E-state index contributed by atoms with van der Waals surface area (Å²) in [6, 6.07) is 4.53. The van der Waals surface area contributed by atoms with Gasteiger partial charge in [-0.3, -0.25) is 0 Å². The standard InChI is InChI=1S/C17H25FN2O3/c1-12(2)23-16-6-5-13(8-15(16)18)9-19-17(22)20-7-3-4-14(10-20)11-21/h5-6,8,12,14,21H,3-4,7,9-11H2,1-2H3,(H,19,22). The van der Waals surface area contributed by atoms with Gasteiger partial charge in [0.05, 0.1) is 6.10 Å². The van der Waals surface area contributed by atoms with Crippen LogP contribution in [0.2, 0.25) is 0 Å². The maximum Gasteiger partial charge on any atom is 0.317 e. The monoisotopic (exact) mass is 324 g/mol. The number of nitrogens with zero attached hydrogens (tertiary/aromatic N) is 1. The Balaban J connectivity index is 1.87. The summed E-state index contributed by atoms with van der Waals surface area (Å²) < 4.78 is 19.3. The van der Waals surface area contributed by atoms with Gasteiger partial charge in [-0.25, -0.2) is 9.18 Å². The maximum atomic E-state index is 13.9. The summed E-state index contributed by atoms with van der Waals surface area (Å²) in [7, 11) is 0. The largest absolute Gasteiger partial charge is 0.488 e. The molecule has 23 heavy (non-hydrogen) atoms. The molecule has 1 saturated heterocycles. The van der Waals surface area contributed by atoms with E-state index in [-0.39, 0.29) is 37.0 Å². The molecule has 1 heterocycles. The first-order valence-electron chi connectivity index (χ1n) is 8.08. The average molecular weight is 324 g/mol. The molecule has 2 N–H and O–H groups in total. The highest BCUT2D eigenvalue weighted by molar-refractivity contribution is 5.74. The number of carbonyl (C=O) groups is 1. The summed E-state index contributed by atoms with van der Waals surface area (Å²) in [5, 5.41) is 12.0. The smallest absolute Gasteiger partial charge is 0.317 e. The lowest BCUT2D eigenvalue weighted by atomic mass is 9.99. The van der Waals surface area contributed by atoms with Crippen LogP contribution >= 0.6 is 0 Å². The van der Waals surface area contributed by atoms with Crippen molar-refractivity contribution in [2.75, 3.05) is 19.7 Å². The third-order valence-electron chi connectivity index (χ3n) is 3.87. The van der Waals surface area contributed by atoms with Gasteiger partial charge in [-0.1, -0.05) is 6.07 Å². The van der Waals surface area contributed by atoms with Crippen LogP contribution in [-0.2, 0) is 6.54 Å². The minimum Gasteiger partial charge on any atom is -0.488 e. The van der Waals surface area contributed by atoms with Crippen LogP contribution in [0.15, 0.2) is 18.2 Å². The molecule has 0 aliphatic carbocycles. The first-order valence-corrected chi connectivity index (χ1v) is 8.08. The quantitative estimate of drug-likeness (QED) is 0.875. The first kappa shape index (κ1) is 17.5. The number of hydrogen-bond acceptors (Lipinski definition) is 3. The van der Waals surface area contributed by atoms with E-state index in [1.807, 2.05) is 13.8 Å². The Hall–Kier alpha value is -1.82. The van der Waals surface area contributed by atoms with Gasteiger partial charge in [-0.2, -0.15) is 0 Å². The topological polar surface area (TPSA) is 61.8 Å². The third-order valence-corrected chi connectivity index (χ3v) is 3.87. The van der Waals surface area contributed by atoms with Crippen molar-refractivity contribution in [1.82, 2.24) is 10.2 Å². The summed E-state index contributed by atoms with van der Waals surface area (Å²) in [4.78, 5) is 13.9. The van der Waals surface area contributed by atoms with Crippen molar-refractivity contribution < 1.29 is 19.0 Å². The molecule has 0 aromatic heterocycles. The molecular weight excluding hydrogens is 299 g/mol. The van der Waals surface area contributed by atoms with Crippen molar-refractivity contribution in [3.63, 3.8) is 0 Å². The zero-order valence-corrected chi connectivity index (χ0v) is 13.7. The number of ether oxygens (including phenoxy) is 1. The lowest BCUT2D eigenvalue weighted by Gasteiger charge is -2.31. The second kappa shape index (κ2) is 8.15. The Morgan fingerprint density at radius 3 is 2.96 bits per heavy atom. The number of halogens is 1. The van der Waals surface area contributed by atoms with E-state index < -0.39 is 5.82 Å². The molecule has 0 radical (unpaired) electrons. The number of amides is 2. The van der Waals surface area contributed by atoms with Crippen LogP contribution in [-0.4, -0.2) is 41.8 Å². The lowest BCUT2D eigenvalue weighted by Crippen LogP contribution is -2.45. The van der Waals surface area contributed by atoms with Crippen LogP contribution in [0.3, 0.4) is 0 Å². The van der Waals surface area contributed by atoms with E-state index >= 15 is 0 Å². The molecule has 1 aliphatic rings. The van der Waals surface area contributed by atoms with Crippen LogP contribution in [0.25, 0.3) is 0 Å². The highest BCUT2D eigenvalue weighted by Crippen LogP contribution is 2.20. The normalized spacial score (nSPS) is 18.1. The van der Waals surface area contributed by atoms with Gasteiger partial charge in [0.2, 0.25) is 0 Å². The molecule has 1 atom stereocenters. The predicted molar refractivity (Wildman–Crippen MR) is 85.8 cm³/mol. The fourth-order valence-corrected chi connectivity index (χ4v) is 2.69. The van der Waals surface area contributed by atoms with Gasteiger partial charge >= 0.3 is 6.03 Å². The number of rotatable bonds is 5. The molecule has 6 heteroatoms. The first-order chi connectivity index (χ1) is 11.0. The van der Waals surface area contributed by atoms with Crippen molar-refractivity contribution in [3.8, 4) is 5.75 Å². The number of benzene rings is 1. The molecule has 1 fully saturated rings. The van der Waals surface area contributed by atoms with E-state index in [0.29, 0.717) is 18.7 Å². The maximum absolute atomic E-state index is 13.9. The van der Waals surface area contributed by atoms with Crippen molar-refractivity contribution >= 4 is 6.03 Å². The lowest BCUT2D eigenvalue weighted by molar-refractivity contribution is 0.129. The SMILES string of the molecule is CC(C)Oc1ccc(CNC(=O)N2CCCC(CO)C2)cc1F. The Kier molecular flexibility index (Phi) is 6.21. The molecule has 1 unspecified atom stereocenters. The van der Waals surface area contributed by atoms with E-state index in [2.05, 4.69) is 5.32 Å². The molecule has 1 aromatic carbocycles. The van der Waals surface area contributed by atoms with Crippen molar-refractivity contribution in [3.05, 3.63) is 29.6 Å². The molecule has 5 nitrogen and oxygen atoms in total. The zero-order valence-electron chi connectivity index (χ0n) is 13.7. The molecule has 0 bridgehead atoms. The van der Waals surface area contributed by atoms with Gasteiger partial charge in [0, 0.05) is 26.2 Å². The van der Waals surface area contributed by atoms with Gasteiger partial charge in [-0.05, 0) is 50.3 Å². The summed E-state index contributed by atoms with van der Waals surface area (Å²) in [5.41, 5.74) is 0.683. The van der Waals surface area contributed by atoms with Crippen molar-refractivity contribution in [2.24, 2.45) is 5.92 Å². The van der Waals surface area contributed by atoms with Gasteiger partial charge in [-0.15, -0.1) is 0 Å². The van der Waals surface area contributed by atoms with Gasteiger partial charge in [0.15, 0.2) is 11.6 Å². The Bertz CT molecular complexity index is 537. The van der Waals surface area contributed by atoms with Crippen molar-refractivity contribution in [2.45, 2.75) is 39.3 Å². The summed E-state index contributed by atoms with van der Waals surface area (Å²) in [6.07, 6.45) is 1.76. The summed E-state index contributed by atoms with van der Waals surface area (Å²) in [6.45, 7) is 5.30. The Labute approximate surface area is 136 Å². The van der Waals surface area contributed by atoms with Gasteiger partial charge in [0.1, 0.15) is 0 Å². The van der Waals surface area contributed by atoms with E-state index in [4.69, 9.17) is 4.74 Å². The van der Waals surface area contributed by atoms with Crippen LogP contribution in [0, 0.1) is 11.7 Å². The highest BCUT2D eigenvalue weighted by atomic mass is 19.1. The number of carbonyl (C=O) groups excluding carboxylic acids is 1. The Morgan fingerprint density at radius 2 is 2.30 bits per heavy atom. The van der Waals surface area contributed by atoms with Gasteiger partial charge in [0.25, 0.3) is 0 Å². The number of urea groups is 1. The van der Waals surface area contributed by atoms with Crippen LogP contribution in [0.4, 0.5) is 9.18 Å². The molecule has 2 amide bonds. The molecule has 1 aliphatic heterocycles. The third kappa shape index (κ3) is 5.10.